The van der Waals surface area contributed by atoms with Crippen LogP contribution in [0.1, 0.15) is 9.67 Å². The summed E-state index contributed by atoms with van der Waals surface area (Å²) in [6, 6.07) is 13.7. The maximum Gasteiger partial charge on any atom is 0.263 e. The van der Waals surface area contributed by atoms with Crippen LogP contribution in [0.2, 0.25) is 0 Å². The van der Waals surface area contributed by atoms with E-state index in [4.69, 9.17) is 4.74 Å². The highest BCUT2D eigenvalue weighted by molar-refractivity contribution is 7.17. The van der Waals surface area contributed by atoms with Gasteiger partial charge in [0, 0.05) is 24.4 Å². The van der Waals surface area contributed by atoms with Crippen molar-refractivity contribution in [3.05, 3.63) is 47.3 Å². The smallest absolute Gasteiger partial charge is 0.263 e. The third kappa shape index (κ3) is 2.55. The molecule has 3 rings (SSSR count). The van der Waals surface area contributed by atoms with E-state index in [1.165, 1.54) is 11.3 Å². The molecule has 0 saturated heterocycles. The molecular weight excluding hydrogens is 296 g/mol. The van der Waals surface area contributed by atoms with E-state index in [1.807, 2.05) is 36.4 Å². The maximum atomic E-state index is 12.0. The van der Waals surface area contributed by atoms with E-state index in [0.717, 1.165) is 21.3 Å². The Bertz CT molecular complexity index is 840. The van der Waals surface area contributed by atoms with Gasteiger partial charge in [0.1, 0.15) is 0 Å². The molecule has 0 aliphatic carbocycles. The van der Waals surface area contributed by atoms with Crippen molar-refractivity contribution in [1.82, 2.24) is 9.88 Å². The fraction of sp³-hybridized carbons (Fsp3) is 0.176. The Morgan fingerprint density at radius 2 is 1.95 bits per heavy atom. The Balaban J connectivity index is 2.11. The average molecular weight is 312 g/mol. The zero-order valence-corrected chi connectivity index (χ0v) is 13.5. The molecule has 0 N–H and O–H groups in total. The fourth-order valence-corrected chi connectivity index (χ4v) is 3.28. The van der Waals surface area contributed by atoms with Crippen molar-refractivity contribution in [2.24, 2.45) is 0 Å². The van der Waals surface area contributed by atoms with Crippen LogP contribution in [-0.4, -0.2) is 37.0 Å². The molecule has 0 aliphatic rings. The van der Waals surface area contributed by atoms with Gasteiger partial charge in [-0.3, -0.25) is 4.79 Å². The van der Waals surface area contributed by atoms with Crippen molar-refractivity contribution >= 4 is 28.1 Å². The fourth-order valence-electron chi connectivity index (χ4n) is 2.25. The molecule has 22 heavy (non-hydrogen) atoms. The van der Waals surface area contributed by atoms with Gasteiger partial charge in [0.2, 0.25) is 5.88 Å². The summed E-state index contributed by atoms with van der Waals surface area (Å²) in [5, 5.41) is 1.05. The molecule has 0 saturated carbocycles. The summed E-state index contributed by atoms with van der Waals surface area (Å²) in [7, 11) is 5.11. The van der Waals surface area contributed by atoms with Crippen molar-refractivity contribution in [1.29, 1.82) is 0 Å². The second-order valence-corrected chi connectivity index (χ2v) is 6.19. The molecule has 2 aromatic heterocycles. The summed E-state index contributed by atoms with van der Waals surface area (Å²) in [4.78, 5) is 19.8. The van der Waals surface area contributed by atoms with Crippen molar-refractivity contribution in [3.8, 4) is 16.3 Å². The minimum absolute atomic E-state index is 0.00367. The highest BCUT2D eigenvalue weighted by Crippen LogP contribution is 2.36. The number of hydrogen-bond acceptors (Lipinski definition) is 4. The average Bonchev–Trinajstić information content (AvgIpc) is 3.02. The van der Waals surface area contributed by atoms with Crippen LogP contribution in [0, 0.1) is 0 Å². The lowest BCUT2D eigenvalue weighted by Gasteiger charge is -2.08. The number of carbonyl (C=O) groups excluding carboxylic acids is 1. The molecule has 3 aromatic rings. The summed E-state index contributed by atoms with van der Waals surface area (Å²) < 4.78 is 5.43. The molecule has 0 spiro atoms. The Hall–Kier alpha value is -2.40. The monoisotopic (exact) mass is 312 g/mol. The normalized spacial score (nSPS) is 10.7. The molecule has 0 aliphatic heterocycles. The van der Waals surface area contributed by atoms with E-state index >= 15 is 0 Å². The predicted octanol–water partition coefficient (Wildman–Crippen LogP) is 3.67. The van der Waals surface area contributed by atoms with Crippen molar-refractivity contribution in [2.45, 2.75) is 0 Å². The third-order valence-corrected chi connectivity index (χ3v) is 4.48. The number of thiophene rings is 1. The number of para-hydroxylation sites is 1. The van der Waals surface area contributed by atoms with Crippen molar-refractivity contribution in [2.75, 3.05) is 21.2 Å². The van der Waals surface area contributed by atoms with Gasteiger partial charge >= 0.3 is 0 Å². The van der Waals surface area contributed by atoms with Gasteiger partial charge in [0.05, 0.1) is 23.1 Å². The van der Waals surface area contributed by atoms with Crippen LogP contribution in [0.25, 0.3) is 21.3 Å². The summed E-state index contributed by atoms with van der Waals surface area (Å²) >= 11 is 1.45. The van der Waals surface area contributed by atoms with Gasteiger partial charge in [0.25, 0.3) is 5.91 Å². The zero-order valence-electron chi connectivity index (χ0n) is 12.7. The Morgan fingerprint density at radius 3 is 2.68 bits per heavy atom. The minimum Gasteiger partial charge on any atom is -0.481 e. The third-order valence-electron chi connectivity index (χ3n) is 3.37. The van der Waals surface area contributed by atoms with Crippen LogP contribution >= 0.6 is 11.3 Å². The summed E-state index contributed by atoms with van der Waals surface area (Å²) in [5.41, 5.74) is 1.80. The zero-order chi connectivity index (χ0) is 15.7. The molecule has 0 bridgehead atoms. The van der Waals surface area contributed by atoms with Gasteiger partial charge in [-0.25, -0.2) is 4.98 Å². The Morgan fingerprint density at radius 1 is 1.18 bits per heavy atom. The van der Waals surface area contributed by atoms with Crippen LogP contribution in [-0.2, 0) is 0 Å². The maximum absolute atomic E-state index is 12.0. The summed E-state index contributed by atoms with van der Waals surface area (Å²) in [6.45, 7) is 0. The number of hydrogen-bond donors (Lipinski definition) is 0. The molecule has 0 radical (unpaired) electrons. The van der Waals surface area contributed by atoms with E-state index in [9.17, 15) is 4.79 Å². The van der Waals surface area contributed by atoms with Crippen molar-refractivity contribution in [3.63, 3.8) is 0 Å². The number of methoxy groups -OCH3 is 1. The number of aromatic nitrogens is 1. The van der Waals surface area contributed by atoms with E-state index in [1.54, 1.807) is 26.1 Å². The number of fused-ring (bicyclic) bond motifs is 1. The molecule has 1 amide bonds. The SMILES string of the molecule is COc1nc2ccccc2cc1-c1ccc(C(=O)N(C)C)s1. The largest absolute Gasteiger partial charge is 0.481 e. The topological polar surface area (TPSA) is 42.4 Å². The molecule has 5 heteroatoms. The van der Waals surface area contributed by atoms with E-state index in [2.05, 4.69) is 11.1 Å². The number of amides is 1. The molecule has 4 nitrogen and oxygen atoms in total. The highest BCUT2D eigenvalue weighted by atomic mass is 32.1. The second kappa shape index (κ2) is 5.77. The number of nitrogens with zero attached hydrogens (tertiary/aromatic N) is 2. The molecular formula is C17H16N2O2S. The number of benzene rings is 1. The molecule has 1 aromatic carbocycles. The lowest BCUT2D eigenvalue weighted by Crippen LogP contribution is -2.20. The first kappa shape index (κ1) is 14.5. The molecule has 112 valence electrons. The van der Waals surface area contributed by atoms with Gasteiger partial charge < -0.3 is 9.64 Å². The van der Waals surface area contributed by atoms with Crippen LogP contribution in [0.5, 0.6) is 5.88 Å². The molecule has 0 atom stereocenters. The van der Waals surface area contributed by atoms with Crippen LogP contribution in [0.15, 0.2) is 42.5 Å². The number of rotatable bonds is 3. The minimum atomic E-state index is 0.00367. The van der Waals surface area contributed by atoms with Crippen LogP contribution in [0.3, 0.4) is 0 Å². The first-order chi connectivity index (χ1) is 10.6. The standard InChI is InChI=1S/C17H16N2O2S/c1-19(2)17(20)15-9-8-14(22-15)12-10-11-6-4-5-7-13(11)18-16(12)21-3/h4-10H,1-3H3. The second-order valence-electron chi connectivity index (χ2n) is 5.10. The Kier molecular flexibility index (Phi) is 3.81. The van der Waals surface area contributed by atoms with E-state index < -0.39 is 0 Å². The van der Waals surface area contributed by atoms with E-state index in [-0.39, 0.29) is 5.91 Å². The lowest BCUT2D eigenvalue weighted by molar-refractivity contribution is 0.0832. The van der Waals surface area contributed by atoms with Crippen LogP contribution in [0.4, 0.5) is 0 Å². The van der Waals surface area contributed by atoms with Gasteiger partial charge in [0.15, 0.2) is 0 Å². The Labute approximate surface area is 133 Å². The predicted molar refractivity (Wildman–Crippen MR) is 89.6 cm³/mol. The molecule has 0 fully saturated rings. The van der Waals surface area contributed by atoms with Gasteiger partial charge in [-0.15, -0.1) is 11.3 Å². The molecule has 2 heterocycles. The van der Waals surface area contributed by atoms with Gasteiger partial charge in [-0.1, -0.05) is 18.2 Å². The lowest BCUT2D eigenvalue weighted by atomic mass is 10.1. The van der Waals surface area contributed by atoms with Gasteiger partial charge in [-0.05, 0) is 24.3 Å². The van der Waals surface area contributed by atoms with Crippen LogP contribution < -0.4 is 4.74 Å². The quantitative estimate of drug-likeness (QED) is 0.741. The number of carbonyl (C=O) groups is 1. The highest BCUT2D eigenvalue weighted by Gasteiger charge is 2.15. The van der Waals surface area contributed by atoms with E-state index in [0.29, 0.717) is 10.8 Å². The summed E-state index contributed by atoms with van der Waals surface area (Å²) in [6.07, 6.45) is 0. The first-order valence-corrected chi connectivity index (χ1v) is 7.67. The first-order valence-electron chi connectivity index (χ1n) is 6.86. The number of ether oxygens (including phenoxy) is 1. The van der Waals surface area contributed by atoms with Crippen molar-refractivity contribution < 1.29 is 9.53 Å². The number of pyridine rings is 1. The van der Waals surface area contributed by atoms with Gasteiger partial charge in [-0.2, -0.15) is 0 Å². The summed E-state index contributed by atoms with van der Waals surface area (Å²) in [5.74, 6) is 0.577. The molecule has 0 unspecified atom stereocenters.